The van der Waals surface area contributed by atoms with E-state index in [1.807, 2.05) is 0 Å². The van der Waals surface area contributed by atoms with Crippen LogP contribution in [0.15, 0.2) is 12.2 Å². The molecular formula is C11H12N2O6. The van der Waals surface area contributed by atoms with Crippen LogP contribution in [0.1, 0.15) is 12.8 Å². The van der Waals surface area contributed by atoms with Gasteiger partial charge in [0.15, 0.2) is 0 Å². The Kier molecular flexibility index (Phi) is 3.72. The van der Waals surface area contributed by atoms with Crippen molar-refractivity contribution in [3.05, 3.63) is 12.2 Å². The van der Waals surface area contributed by atoms with Crippen LogP contribution < -0.4 is 0 Å². The SMILES string of the molecule is O=C1CC(OCCCN2C(=O)C=CC2=O)C(=O)N1O. The predicted molar refractivity (Wildman–Crippen MR) is 58.5 cm³/mol. The summed E-state index contributed by atoms with van der Waals surface area (Å²) in [4.78, 5) is 45.7. The van der Waals surface area contributed by atoms with Crippen molar-refractivity contribution in [3.8, 4) is 0 Å². The van der Waals surface area contributed by atoms with Crippen molar-refractivity contribution in [2.24, 2.45) is 0 Å². The van der Waals surface area contributed by atoms with Crippen LogP contribution in [-0.4, -0.2) is 58.1 Å². The third-order valence-corrected chi connectivity index (χ3v) is 2.83. The molecule has 0 aromatic rings. The van der Waals surface area contributed by atoms with Crippen molar-refractivity contribution in [3.63, 3.8) is 0 Å². The number of carbonyl (C=O) groups excluding carboxylic acids is 4. The molecule has 0 aromatic heterocycles. The lowest BCUT2D eigenvalue weighted by Crippen LogP contribution is -2.32. The van der Waals surface area contributed by atoms with Gasteiger partial charge in [-0.25, -0.2) is 0 Å². The van der Waals surface area contributed by atoms with Crippen LogP contribution >= 0.6 is 0 Å². The highest BCUT2D eigenvalue weighted by molar-refractivity contribution is 6.12. The minimum absolute atomic E-state index is 0.0438. The van der Waals surface area contributed by atoms with Gasteiger partial charge in [-0.1, -0.05) is 0 Å². The van der Waals surface area contributed by atoms with E-state index in [0.29, 0.717) is 6.42 Å². The van der Waals surface area contributed by atoms with Gasteiger partial charge in [0.25, 0.3) is 23.6 Å². The summed E-state index contributed by atoms with van der Waals surface area (Å²) in [6.45, 7) is 0.289. The number of hydroxylamine groups is 2. The summed E-state index contributed by atoms with van der Waals surface area (Å²) < 4.78 is 5.14. The molecule has 2 heterocycles. The summed E-state index contributed by atoms with van der Waals surface area (Å²) >= 11 is 0. The maximum Gasteiger partial charge on any atom is 0.282 e. The van der Waals surface area contributed by atoms with Gasteiger partial charge in [0, 0.05) is 25.3 Å². The Hall–Kier alpha value is -2.06. The smallest absolute Gasteiger partial charge is 0.282 e. The van der Waals surface area contributed by atoms with E-state index in [1.165, 1.54) is 12.2 Å². The van der Waals surface area contributed by atoms with Gasteiger partial charge in [0.2, 0.25) is 0 Å². The Morgan fingerprint density at radius 2 is 1.84 bits per heavy atom. The van der Waals surface area contributed by atoms with Crippen LogP contribution in [0.5, 0.6) is 0 Å². The summed E-state index contributed by atoms with van der Waals surface area (Å²) in [7, 11) is 0. The number of hydrogen-bond acceptors (Lipinski definition) is 6. The van der Waals surface area contributed by atoms with E-state index < -0.39 is 17.9 Å². The van der Waals surface area contributed by atoms with E-state index in [1.54, 1.807) is 0 Å². The fourth-order valence-corrected chi connectivity index (χ4v) is 1.82. The number of rotatable bonds is 5. The molecule has 4 amide bonds. The zero-order valence-corrected chi connectivity index (χ0v) is 9.94. The number of amides is 4. The van der Waals surface area contributed by atoms with Crippen LogP contribution in [-0.2, 0) is 23.9 Å². The molecule has 102 valence electrons. The lowest BCUT2D eigenvalue weighted by Gasteiger charge is -2.14. The zero-order chi connectivity index (χ0) is 14.0. The average Bonchev–Trinajstić information content (AvgIpc) is 2.82. The van der Waals surface area contributed by atoms with Gasteiger partial charge in [-0.15, -0.1) is 0 Å². The average molecular weight is 268 g/mol. The largest absolute Gasteiger partial charge is 0.368 e. The minimum atomic E-state index is -0.986. The molecule has 8 heteroatoms. The predicted octanol–water partition coefficient (Wildman–Crippen LogP) is -1.17. The second-order valence-electron chi connectivity index (χ2n) is 4.12. The van der Waals surface area contributed by atoms with Gasteiger partial charge in [-0.2, -0.15) is 5.06 Å². The maximum absolute atomic E-state index is 11.3. The lowest BCUT2D eigenvalue weighted by molar-refractivity contribution is -0.174. The summed E-state index contributed by atoms with van der Waals surface area (Å²) in [6, 6.07) is 0. The van der Waals surface area contributed by atoms with Gasteiger partial charge < -0.3 is 4.74 Å². The van der Waals surface area contributed by atoms with Crippen LogP contribution in [0.4, 0.5) is 0 Å². The summed E-state index contributed by atoms with van der Waals surface area (Å²) in [5.74, 6) is -2.25. The molecule has 1 fully saturated rings. The molecule has 0 saturated carbocycles. The number of imide groups is 2. The molecule has 0 spiro atoms. The summed E-state index contributed by atoms with van der Waals surface area (Å²) in [5.41, 5.74) is 0. The Balaban J connectivity index is 1.71. The Morgan fingerprint density at radius 3 is 2.37 bits per heavy atom. The van der Waals surface area contributed by atoms with Crippen molar-refractivity contribution in [2.45, 2.75) is 18.9 Å². The first-order valence-corrected chi connectivity index (χ1v) is 5.71. The Bertz CT molecular complexity index is 454. The molecule has 2 aliphatic rings. The van der Waals surface area contributed by atoms with E-state index in [-0.39, 0.29) is 36.5 Å². The van der Waals surface area contributed by atoms with Gasteiger partial charge in [0.05, 0.1) is 6.42 Å². The molecule has 8 nitrogen and oxygen atoms in total. The minimum Gasteiger partial charge on any atom is -0.368 e. The number of hydrogen-bond donors (Lipinski definition) is 1. The zero-order valence-electron chi connectivity index (χ0n) is 9.94. The Labute approximate surface area is 108 Å². The first kappa shape index (κ1) is 13.4. The summed E-state index contributed by atoms with van der Waals surface area (Å²) in [6.07, 6.45) is 1.54. The van der Waals surface area contributed by atoms with E-state index in [2.05, 4.69) is 0 Å². The fourth-order valence-electron chi connectivity index (χ4n) is 1.82. The molecule has 2 aliphatic heterocycles. The molecule has 1 N–H and O–H groups in total. The van der Waals surface area contributed by atoms with Crippen LogP contribution in [0.2, 0.25) is 0 Å². The monoisotopic (exact) mass is 268 g/mol. The fraction of sp³-hybridized carbons (Fsp3) is 0.455. The van der Waals surface area contributed by atoms with E-state index in [0.717, 1.165) is 4.90 Å². The summed E-state index contributed by atoms with van der Waals surface area (Å²) in [5, 5.41) is 9.03. The standard InChI is InChI=1S/C11H12N2O6/c14-8-2-3-9(15)12(8)4-1-5-19-7-6-10(16)13(18)11(7)17/h2-3,7,18H,1,4-6H2. The molecule has 0 aromatic carbocycles. The molecule has 0 radical (unpaired) electrons. The third kappa shape index (κ3) is 2.69. The molecule has 0 bridgehead atoms. The highest BCUT2D eigenvalue weighted by Gasteiger charge is 2.38. The second-order valence-corrected chi connectivity index (χ2v) is 4.12. The van der Waals surface area contributed by atoms with Gasteiger partial charge >= 0.3 is 0 Å². The Morgan fingerprint density at radius 1 is 1.21 bits per heavy atom. The number of nitrogens with zero attached hydrogens (tertiary/aromatic N) is 2. The first-order chi connectivity index (χ1) is 9.00. The van der Waals surface area contributed by atoms with Crippen molar-refractivity contribution in [2.75, 3.05) is 13.2 Å². The van der Waals surface area contributed by atoms with Gasteiger partial charge in [-0.3, -0.25) is 29.3 Å². The maximum atomic E-state index is 11.3. The molecule has 1 unspecified atom stereocenters. The van der Waals surface area contributed by atoms with E-state index in [9.17, 15) is 19.2 Å². The van der Waals surface area contributed by atoms with Gasteiger partial charge in [0.1, 0.15) is 6.10 Å². The second kappa shape index (κ2) is 5.29. The molecule has 2 rings (SSSR count). The molecular weight excluding hydrogens is 256 g/mol. The van der Waals surface area contributed by atoms with Crippen molar-refractivity contribution < 1.29 is 29.1 Å². The highest BCUT2D eigenvalue weighted by atomic mass is 16.6. The number of ether oxygens (including phenoxy) is 1. The molecule has 1 saturated heterocycles. The van der Waals surface area contributed by atoms with Crippen molar-refractivity contribution in [1.82, 2.24) is 9.96 Å². The molecule has 0 aliphatic carbocycles. The van der Waals surface area contributed by atoms with Crippen LogP contribution in [0.3, 0.4) is 0 Å². The number of carbonyl (C=O) groups is 4. The van der Waals surface area contributed by atoms with Crippen molar-refractivity contribution >= 4 is 23.6 Å². The topological polar surface area (TPSA) is 104 Å². The van der Waals surface area contributed by atoms with Crippen LogP contribution in [0, 0.1) is 0 Å². The van der Waals surface area contributed by atoms with Crippen LogP contribution in [0.25, 0.3) is 0 Å². The molecule has 1 atom stereocenters. The lowest BCUT2D eigenvalue weighted by atomic mass is 10.3. The first-order valence-electron chi connectivity index (χ1n) is 5.71. The third-order valence-electron chi connectivity index (χ3n) is 2.83. The quantitative estimate of drug-likeness (QED) is 0.383. The molecule has 19 heavy (non-hydrogen) atoms. The van der Waals surface area contributed by atoms with Gasteiger partial charge in [-0.05, 0) is 6.42 Å². The van der Waals surface area contributed by atoms with E-state index in [4.69, 9.17) is 9.94 Å². The highest BCUT2D eigenvalue weighted by Crippen LogP contribution is 2.14. The van der Waals surface area contributed by atoms with Crippen molar-refractivity contribution in [1.29, 1.82) is 0 Å². The van der Waals surface area contributed by atoms with E-state index >= 15 is 0 Å². The normalized spacial score (nSPS) is 23.1.